The van der Waals surface area contributed by atoms with E-state index in [1.165, 1.54) is 51.4 Å². The quantitative estimate of drug-likeness (QED) is 0.641. The van der Waals surface area contributed by atoms with Crippen molar-refractivity contribution in [3.05, 3.63) is 0 Å². The third-order valence-electron chi connectivity index (χ3n) is 9.23. The lowest BCUT2D eigenvalue weighted by Crippen LogP contribution is -2.49. The first-order chi connectivity index (χ1) is 12.9. The van der Waals surface area contributed by atoms with Crippen LogP contribution in [-0.4, -0.2) is 17.0 Å². The molecule has 0 aliphatic heterocycles. The van der Waals surface area contributed by atoms with Crippen LogP contribution in [0.2, 0.25) is 0 Å². The van der Waals surface area contributed by atoms with Crippen LogP contribution in [-0.2, 0) is 4.79 Å². The number of aliphatic hydroxyl groups excluding tert-OH is 1. The molecule has 0 aromatic carbocycles. The zero-order valence-electron chi connectivity index (χ0n) is 17.3. The van der Waals surface area contributed by atoms with Gasteiger partial charge in [0.25, 0.3) is 0 Å². The van der Waals surface area contributed by atoms with Gasteiger partial charge in [0.05, 0.1) is 6.10 Å². The third-order valence-corrected chi connectivity index (χ3v) is 9.23. The molecule has 0 aromatic rings. The summed E-state index contributed by atoms with van der Waals surface area (Å²) in [5.74, 6) is 8.32. The van der Waals surface area contributed by atoms with Gasteiger partial charge in [-0.3, -0.25) is 4.79 Å². The highest BCUT2D eigenvalue weighted by Crippen LogP contribution is 2.64. The van der Waals surface area contributed by atoms with Crippen LogP contribution in [0.1, 0.15) is 84.5 Å². The average Bonchev–Trinajstić information content (AvgIpc) is 3.41. The molecular formula is C25H38O2. The zero-order valence-corrected chi connectivity index (χ0v) is 17.3. The Bertz CT molecular complexity index is 600. The fourth-order valence-corrected chi connectivity index (χ4v) is 7.75. The summed E-state index contributed by atoms with van der Waals surface area (Å²) < 4.78 is 0. The maximum atomic E-state index is 12.1. The number of fused-ring (bicyclic) bond motifs is 5. The lowest BCUT2D eigenvalue weighted by Gasteiger charge is -2.56. The van der Waals surface area contributed by atoms with Crippen LogP contribution >= 0.6 is 0 Å². The first-order valence-electron chi connectivity index (χ1n) is 11.6. The van der Waals surface area contributed by atoms with Gasteiger partial charge in [0, 0.05) is 11.8 Å². The molecule has 0 spiro atoms. The molecule has 0 saturated heterocycles. The van der Waals surface area contributed by atoms with E-state index in [4.69, 9.17) is 6.42 Å². The summed E-state index contributed by atoms with van der Waals surface area (Å²) in [6.07, 6.45) is 18.6. The minimum Gasteiger partial charge on any atom is -0.393 e. The molecule has 0 heterocycles. The van der Waals surface area contributed by atoms with E-state index in [0.29, 0.717) is 23.0 Å². The van der Waals surface area contributed by atoms with Crippen molar-refractivity contribution in [3.8, 4) is 12.3 Å². The van der Waals surface area contributed by atoms with Crippen LogP contribution in [0.15, 0.2) is 0 Å². The Morgan fingerprint density at radius 2 is 1.70 bits per heavy atom. The van der Waals surface area contributed by atoms with Crippen LogP contribution in [0.3, 0.4) is 0 Å². The van der Waals surface area contributed by atoms with E-state index in [9.17, 15) is 9.90 Å². The Kier molecular flexibility index (Phi) is 5.45. The standard InChI is InChI=1S/C20H32O2.C5H6/c1-12(21)18-7-8-19-17-5-3-13-11-14(22)4-6-15(13)16(17)9-10-20(18,19)2;1-2-5-3-4-5/h13-19,22H,3-11H2,1-2H3;1,5H,3-4H2. The van der Waals surface area contributed by atoms with Crippen LogP contribution in [0.25, 0.3) is 0 Å². The Labute approximate surface area is 165 Å². The van der Waals surface area contributed by atoms with Crippen molar-refractivity contribution in [2.45, 2.75) is 90.6 Å². The molecule has 0 aromatic heterocycles. The Hall–Kier alpha value is -0.810. The van der Waals surface area contributed by atoms with Gasteiger partial charge in [-0.1, -0.05) is 6.92 Å². The topological polar surface area (TPSA) is 37.3 Å². The van der Waals surface area contributed by atoms with Gasteiger partial charge in [-0.25, -0.2) is 0 Å². The number of carbonyl (C=O) groups is 1. The third kappa shape index (κ3) is 3.62. The maximum absolute atomic E-state index is 12.1. The van der Waals surface area contributed by atoms with Crippen LogP contribution in [0.5, 0.6) is 0 Å². The van der Waals surface area contributed by atoms with Gasteiger partial charge in [-0.15, -0.1) is 12.3 Å². The number of carbonyl (C=O) groups excluding carboxylic acids is 1. The maximum Gasteiger partial charge on any atom is 0.133 e. The van der Waals surface area contributed by atoms with E-state index in [1.54, 1.807) is 0 Å². The van der Waals surface area contributed by atoms with E-state index < -0.39 is 0 Å². The second-order valence-electron chi connectivity index (χ2n) is 10.6. The summed E-state index contributed by atoms with van der Waals surface area (Å²) in [5.41, 5.74) is 0.300. The molecule has 8 unspecified atom stereocenters. The molecule has 0 bridgehead atoms. The number of rotatable bonds is 1. The highest BCUT2D eigenvalue weighted by molar-refractivity contribution is 5.79. The normalized spacial score (nSPS) is 48.1. The number of terminal acetylenes is 1. The van der Waals surface area contributed by atoms with E-state index in [0.717, 1.165) is 48.9 Å². The highest BCUT2D eigenvalue weighted by atomic mass is 16.3. The molecule has 1 N–H and O–H groups in total. The summed E-state index contributed by atoms with van der Waals surface area (Å²) >= 11 is 0. The van der Waals surface area contributed by atoms with E-state index in [2.05, 4.69) is 12.8 Å². The van der Waals surface area contributed by atoms with E-state index in [1.807, 2.05) is 6.92 Å². The van der Waals surface area contributed by atoms with Crippen molar-refractivity contribution in [1.82, 2.24) is 0 Å². The molecule has 5 aliphatic rings. The minimum absolute atomic E-state index is 0.0276. The van der Waals surface area contributed by atoms with Crippen molar-refractivity contribution in [1.29, 1.82) is 0 Å². The van der Waals surface area contributed by atoms with Crippen LogP contribution in [0, 0.1) is 59.2 Å². The van der Waals surface area contributed by atoms with Gasteiger partial charge in [-0.05, 0) is 113 Å². The average molecular weight is 371 g/mol. The fourth-order valence-electron chi connectivity index (χ4n) is 7.75. The Morgan fingerprint density at radius 1 is 0.963 bits per heavy atom. The van der Waals surface area contributed by atoms with Crippen LogP contribution < -0.4 is 0 Å². The molecule has 150 valence electrons. The van der Waals surface area contributed by atoms with Gasteiger partial charge in [0.15, 0.2) is 0 Å². The molecule has 0 amide bonds. The number of hydrogen-bond donors (Lipinski definition) is 1. The summed E-state index contributed by atoms with van der Waals surface area (Å²) in [7, 11) is 0. The monoisotopic (exact) mass is 370 g/mol. The van der Waals surface area contributed by atoms with E-state index in [-0.39, 0.29) is 6.10 Å². The second kappa shape index (κ2) is 7.55. The van der Waals surface area contributed by atoms with Gasteiger partial charge in [-0.2, -0.15) is 0 Å². The number of aliphatic hydroxyl groups is 1. The predicted molar refractivity (Wildman–Crippen MR) is 109 cm³/mol. The molecule has 0 radical (unpaired) electrons. The van der Waals surface area contributed by atoms with Crippen LogP contribution in [0.4, 0.5) is 0 Å². The molecule has 5 saturated carbocycles. The smallest absolute Gasteiger partial charge is 0.133 e. The fraction of sp³-hybridized carbons (Fsp3) is 0.880. The van der Waals surface area contributed by atoms with Gasteiger partial charge in [0.1, 0.15) is 5.78 Å². The first kappa shape index (κ1) is 19.5. The second-order valence-corrected chi connectivity index (χ2v) is 10.6. The highest BCUT2D eigenvalue weighted by Gasteiger charge is 2.57. The van der Waals surface area contributed by atoms with Gasteiger partial charge < -0.3 is 5.11 Å². The number of ketones is 1. The molecule has 2 heteroatoms. The Morgan fingerprint density at radius 3 is 2.33 bits per heavy atom. The summed E-state index contributed by atoms with van der Waals surface area (Å²) in [6.45, 7) is 4.26. The molecule has 27 heavy (non-hydrogen) atoms. The molecule has 5 rings (SSSR count). The lowest BCUT2D eigenvalue weighted by atomic mass is 9.49. The largest absolute Gasteiger partial charge is 0.393 e. The Balaban J connectivity index is 0.000000314. The summed E-state index contributed by atoms with van der Waals surface area (Å²) in [5, 5.41) is 9.99. The van der Waals surface area contributed by atoms with Crippen molar-refractivity contribution in [2.24, 2.45) is 46.8 Å². The number of Topliss-reactive ketones (excluding diaryl/α,β-unsaturated/α-hetero) is 1. The SMILES string of the molecule is C#CC1CC1.CC(=O)C1CCC2C3CCC4CC(O)CCC4C3CCC12C. The minimum atomic E-state index is -0.0276. The molecule has 8 atom stereocenters. The molecular weight excluding hydrogens is 332 g/mol. The summed E-state index contributed by atoms with van der Waals surface area (Å²) in [4.78, 5) is 12.1. The van der Waals surface area contributed by atoms with Crippen molar-refractivity contribution in [3.63, 3.8) is 0 Å². The van der Waals surface area contributed by atoms with Crippen molar-refractivity contribution < 1.29 is 9.90 Å². The number of hydrogen-bond acceptors (Lipinski definition) is 2. The van der Waals surface area contributed by atoms with E-state index >= 15 is 0 Å². The molecule has 2 nitrogen and oxygen atoms in total. The zero-order chi connectivity index (χ0) is 19.2. The lowest BCUT2D eigenvalue weighted by molar-refractivity contribution is -0.128. The van der Waals surface area contributed by atoms with Gasteiger partial charge >= 0.3 is 0 Å². The van der Waals surface area contributed by atoms with Crippen molar-refractivity contribution >= 4 is 5.78 Å². The molecule has 5 aliphatic carbocycles. The summed E-state index contributed by atoms with van der Waals surface area (Å²) in [6, 6.07) is 0. The van der Waals surface area contributed by atoms with Crippen molar-refractivity contribution in [2.75, 3.05) is 0 Å². The van der Waals surface area contributed by atoms with Gasteiger partial charge in [0.2, 0.25) is 0 Å². The predicted octanol–water partition coefficient (Wildman–Crippen LogP) is 5.23. The molecule has 5 fully saturated rings. The first-order valence-corrected chi connectivity index (χ1v) is 11.6.